The molecule has 0 aliphatic heterocycles. The second-order valence-corrected chi connectivity index (χ2v) is 7.48. The highest BCUT2D eigenvalue weighted by Gasteiger charge is 2.28. The predicted octanol–water partition coefficient (Wildman–Crippen LogP) is 2.77. The molecule has 1 heterocycles. The molecule has 3 aromatic rings. The molecule has 142 valence electrons. The largest absolute Gasteiger partial charge is 0.497 e. The van der Waals surface area contributed by atoms with E-state index >= 15 is 0 Å². The number of methoxy groups -OCH3 is 1. The number of benzene rings is 2. The highest BCUT2D eigenvalue weighted by molar-refractivity contribution is 7.89. The normalized spacial score (nSPS) is 12.7. The first-order valence-corrected chi connectivity index (χ1v) is 9.38. The molecule has 0 aliphatic rings. The maximum atomic E-state index is 14.0. The Morgan fingerprint density at radius 3 is 2.44 bits per heavy atom. The number of imidazole rings is 1. The Labute approximate surface area is 155 Å². The summed E-state index contributed by atoms with van der Waals surface area (Å²) in [6.07, 6.45) is 3.17. The SMILES string of the molecule is COc1ccc(C(NS(=O)(=O)c2cc(F)ccc2F)c2nccn2C)cc1. The monoisotopic (exact) mass is 393 g/mol. The standard InChI is InChI=1S/C18H17F2N3O3S/c1-23-10-9-21-18(23)17(12-3-6-14(26-2)7-4-12)22-27(24,25)16-11-13(19)5-8-15(16)20/h3-11,17,22H,1-2H3. The van der Waals surface area contributed by atoms with E-state index in [2.05, 4.69) is 9.71 Å². The molecule has 27 heavy (non-hydrogen) atoms. The summed E-state index contributed by atoms with van der Waals surface area (Å²) >= 11 is 0. The lowest BCUT2D eigenvalue weighted by Gasteiger charge is -2.19. The van der Waals surface area contributed by atoms with Crippen LogP contribution < -0.4 is 9.46 Å². The van der Waals surface area contributed by atoms with E-state index in [0.717, 1.165) is 12.1 Å². The highest BCUT2D eigenvalue weighted by atomic mass is 32.2. The average molecular weight is 393 g/mol. The molecule has 0 saturated heterocycles. The Bertz CT molecular complexity index is 1050. The van der Waals surface area contributed by atoms with Crippen molar-refractivity contribution in [1.29, 1.82) is 0 Å². The molecule has 0 aliphatic carbocycles. The summed E-state index contributed by atoms with van der Waals surface area (Å²) in [6, 6.07) is 8.03. The fourth-order valence-corrected chi connectivity index (χ4v) is 3.89. The van der Waals surface area contributed by atoms with Crippen molar-refractivity contribution >= 4 is 10.0 Å². The van der Waals surface area contributed by atoms with Crippen LogP contribution in [0.5, 0.6) is 5.75 Å². The molecule has 1 atom stereocenters. The lowest BCUT2D eigenvalue weighted by Crippen LogP contribution is -2.31. The van der Waals surface area contributed by atoms with Crippen molar-refractivity contribution in [3.63, 3.8) is 0 Å². The van der Waals surface area contributed by atoms with Gasteiger partial charge in [0.15, 0.2) is 0 Å². The summed E-state index contributed by atoms with van der Waals surface area (Å²) in [7, 11) is -1.15. The van der Waals surface area contributed by atoms with Crippen molar-refractivity contribution in [3.8, 4) is 5.75 Å². The number of sulfonamides is 1. The van der Waals surface area contributed by atoms with E-state index in [1.165, 1.54) is 13.3 Å². The lowest BCUT2D eigenvalue weighted by atomic mass is 10.1. The fraction of sp³-hybridized carbons (Fsp3) is 0.167. The van der Waals surface area contributed by atoms with Crippen LogP contribution in [0.15, 0.2) is 59.8 Å². The molecule has 9 heteroatoms. The Morgan fingerprint density at radius 1 is 1.15 bits per heavy atom. The number of halogens is 2. The minimum atomic E-state index is -4.37. The summed E-state index contributed by atoms with van der Waals surface area (Å²) in [5.41, 5.74) is 0.561. The third-order valence-corrected chi connectivity index (χ3v) is 5.46. The van der Waals surface area contributed by atoms with Gasteiger partial charge in [0.25, 0.3) is 0 Å². The van der Waals surface area contributed by atoms with Gasteiger partial charge in [-0.15, -0.1) is 0 Å². The molecule has 0 bridgehead atoms. The molecule has 1 unspecified atom stereocenters. The van der Waals surface area contributed by atoms with Crippen LogP contribution in [-0.4, -0.2) is 25.1 Å². The summed E-state index contributed by atoms with van der Waals surface area (Å²) in [5.74, 6) is -0.913. The van der Waals surface area contributed by atoms with Crippen molar-refractivity contribution in [2.75, 3.05) is 7.11 Å². The van der Waals surface area contributed by atoms with Crippen LogP contribution in [-0.2, 0) is 17.1 Å². The zero-order valence-electron chi connectivity index (χ0n) is 14.6. The van der Waals surface area contributed by atoms with Gasteiger partial charge < -0.3 is 9.30 Å². The number of aryl methyl sites for hydroxylation is 1. The van der Waals surface area contributed by atoms with Gasteiger partial charge in [0, 0.05) is 19.4 Å². The zero-order valence-corrected chi connectivity index (χ0v) is 15.4. The molecule has 6 nitrogen and oxygen atoms in total. The topological polar surface area (TPSA) is 73.2 Å². The molecule has 0 radical (unpaired) electrons. The third-order valence-electron chi connectivity index (χ3n) is 4.02. The zero-order chi connectivity index (χ0) is 19.6. The minimum Gasteiger partial charge on any atom is -0.497 e. The van der Waals surface area contributed by atoms with Gasteiger partial charge in [0.2, 0.25) is 10.0 Å². The van der Waals surface area contributed by atoms with Gasteiger partial charge in [-0.3, -0.25) is 0 Å². The van der Waals surface area contributed by atoms with E-state index in [9.17, 15) is 17.2 Å². The van der Waals surface area contributed by atoms with Crippen LogP contribution in [0.1, 0.15) is 17.4 Å². The first kappa shape index (κ1) is 19.0. The molecule has 3 rings (SSSR count). The fourth-order valence-electron chi connectivity index (χ4n) is 2.62. The van der Waals surface area contributed by atoms with Gasteiger partial charge in [-0.2, -0.15) is 4.72 Å². The molecule has 1 N–H and O–H groups in total. The molecule has 0 amide bonds. The van der Waals surface area contributed by atoms with Crippen molar-refractivity contribution in [1.82, 2.24) is 14.3 Å². The van der Waals surface area contributed by atoms with E-state index in [0.29, 0.717) is 23.2 Å². The first-order chi connectivity index (χ1) is 12.8. The second-order valence-electron chi connectivity index (χ2n) is 5.80. The molecule has 0 spiro atoms. The number of rotatable bonds is 6. The van der Waals surface area contributed by atoms with E-state index < -0.39 is 32.6 Å². The van der Waals surface area contributed by atoms with Crippen LogP contribution in [0.25, 0.3) is 0 Å². The average Bonchev–Trinajstić information content (AvgIpc) is 3.07. The van der Waals surface area contributed by atoms with Crippen LogP contribution in [0.2, 0.25) is 0 Å². The van der Waals surface area contributed by atoms with Gasteiger partial charge in [-0.05, 0) is 35.9 Å². The highest BCUT2D eigenvalue weighted by Crippen LogP contribution is 2.26. The minimum absolute atomic E-state index is 0.389. The van der Waals surface area contributed by atoms with E-state index in [-0.39, 0.29) is 0 Å². The smallest absolute Gasteiger partial charge is 0.244 e. The number of nitrogens with zero attached hydrogens (tertiary/aromatic N) is 2. The van der Waals surface area contributed by atoms with Crippen LogP contribution >= 0.6 is 0 Å². The van der Waals surface area contributed by atoms with Crippen molar-refractivity contribution in [2.24, 2.45) is 7.05 Å². The summed E-state index contributed by atoms with van der Waals surface area (Å²) in [4.78, 5) is 3.42. The predicted molar refractivity (Wildman–Crippen MR) is 94.7 cm³/mol. The number of hydrogen-bond acceptors (Lipinski definition) is 4. The number of hydrogen-bond donors (Lipinski definition) is 1. The van der Waals surface area contributed by atoms with Crippen molar-refractivity contribution in [2.45, 2.75) is 10.9 Å². The Balaban J connectivity index is 2.05. The van der Waals surface area contributed by atoms with E-state index in [1.807, 2.05) is 0 Å². The summed E-state index contributed by atoms with van der Waals surface area (Å²) in [5, 5.41) is 0. The number of nitrogens with one attached hydrogen (secondary N) is 1. The lowest BCUT2D eigenvalue weighted by molar-refractivity contribution is 0.414. The number of aromatic nitrogens is 2. The first-order valence-electron chi connectivity index (χ1n) is 7.90. The maximum Gasteiger partial charge on any atom is 0.244 e. The molecular formula is C18H17F2N3O3S. The van der Waals surface area contributed by atoms with Gasteiger partial charge in [-0.1, -0.05) is 12.1 Å². The van der Waals surface area contributed by atoms with Crippen LogP contribution in [0.4, 0.5) is 8.78 Å². The molecular weight excluding hydrogens is 376 g/mol. The third kappa shape index (κ3) is 3.99. The summed E-state index contributed by atoms with van der Waals surface area (Å²) in [6.45, 7) is 0. The Morgan fingerprint density at radius 2 is 1.85 bits per heavy atom. The molecule has 1 aromatic heterocycles. The van der Waals surface area contributed by atoms with Gasteiger partial charge in [-0.25, -0.2) is 22.2 Å². The van der Waals surface area contributed by atoms with E-state index in [4.69, 9.17) is 4.74 Å². The second kappa shape index (κ2) is 7.45. The Hall–Kier alpha value is -2.78. The van der Waals surface area contributed by atoms with Crippen molar-refractivity contribution < 1.29 is 21.9 Å². The van der Waals surface area contributed by atoms with Gasteiger partial charge >= 0.3 is 0 Å². The Kier molecular flexibility index (Phi) is 5.24. The van der Waals surface area contributed by atoms with E-state index in [1.54, 1.807) is 42.1 Å². The quantitative estimate of drug-likeness (QED) is 0.699. The number of ether oxygens (including phenoxy) is 1. The van der Waals surface area contributed by atoms with Crippen molar-refractivity contribution in [3.05, 3.63) is 77.9 Å². The molecule has 0 saturated carbocycles. The molecule has 0 fully saturated rings. The van der Waals surface area contributed by atoms with Gasteiger partial charge in [0.05, 0.1) is 7.11 Å². The van der Waals surface area contributed by atoms with Gasteiger partial charge in [0.1, 0.15) is 34.1 Å². The van der Waals surface area contributed by atoms with Crippen LogP contribution in [0.3, 0.4) is 0 Å². The molecule has 2 aromatic carbocycles. The van der Waals surface area contributed by atoms with Crippen LogP contribution in [0, 0.1) is 11.6 Å². The maximum absolute atomic E-state index is 14.0. The summed E-state index contributed by atoms with van der Waals surface area (Å²) < 4.78 is 62.1.